The highest BCUT2D eigenvalue weighted by molar-refractivity contribution is 6.30. The summed E-state index contributed by atoms with van der Waals surface area (Å²) in [5, 5.41) is 8.57. The van der Waals surface area contributed by atoms with Gasteiger partial charge in [-0.25, -0.2) is 4.98 Å². The number of aromatic nitrogens is 1. The van der Waals surface area contributed by atoms with Gasteiger partial charge in [0.05, 0.1) is 6.20 Å². The third-order valence-corrected chi connectivity index (χ3v) is 1.32. The summed E-state index contributed by atoms with van der Waals surface area (Å²) >= 11 is 5.25. The van der Waals surface area contributed by atoms with E-state index in [1.807, 2.05) is 0 Å². The normalized spacial score (nSPS) is 11.4. The van der Waals surface area contributed by atoms with Crippen LogP contribution in [0.1, 0.15) is 0 Å². The minimum absolute atomic E-state index is 0.283. The highest BCUT2D eigenvalue weighted by atomic mass is 35.5. The summed E-state index contributed by atoms with van der Waals surface area (Å²) in [6.07, 6.45) is -4.04. The molecule has 1 rings (SSSR count). The second-order valence-electron chi connectivity index (χ2n) is 2.03. The minimum Gasteiger partial charge on any atom is -0.505 e. The van der Waals surface area contributed by atoms with Crippen molar-refractivity contribution in [2.75, 3.05) is 0 Å². The Morgan fingerprint density at radius 2 is 2.08 bits per heavy atom. The molecule has 0 aliphatic rings. The lowest BCUT2D eigenvalue weighted by Crippen LogP contribution is -2.17. The second-order valence-corrected chi connectivity index (χ2v) is 2.39. The summed E-state index contributed by atoms with van der Waals surface area (Å²) in [7, 11) is 0. The first-order valence-electron chi connectivity index (χ1n) is 2.99. The molecule has 3 nitrogen and oxygen atoms in total. The van der Waals surface area contributed by atoms with Crippen LogP contribution >= 0.6 is 11.6 Å². The van der Waals surface area contributed by atoms with Crippen LogP contribution in [0.2, 0.25) is 5.15 Å². The molecule has 0 saturated heterocycles. The van der Waals surface area contributed by atoms with E-state index in [9.17, 15) is 13.2 Å². The van der Waals surface area contributed by atoms with Crippen LogP contribution in [0, 0.1) is 0 Å². The fourth-order valence-corrected chi connectivity index (χ4v) is 0.711. The molecule has 1 aromatic heterocycles. The quantitative estimate of drug-likeness (QED) is 0.728. The van der Waals surface area contributed by atoms with E-state index in [0.717, 1.165) is 12.3 Å². The third-order valence-electron chi connectivity index (χ3n) is 1.03. The van der Waals surface area contributed by atoms with Crippen LogP contribution in [-0.2, 0) is 0 Å². The highest BCUT2D eigenvalue weighted by Gasteiger charge is 2.31. The fraction of sp³-hybridized carbons (Fsp3) is 0.167. The van der Waals surface area contributed by atoms with Gasteiger partial charge >= 0.3 is 6.36 Å². The molecular formula is C6H3ClF3NO2. The van der Waals surface area contributed by atoms with E-state index in [2.05, 4.69) is 9.72 Å². The van der Waals surface area contributed by atoms with Gasteiger partial charge < -0.3 is 9.84 Å². The van der Waals surface area contributed by atoms with Gasteiger partial charge in [0.15, 0.2) is 16.7 Å². The molecule has 0 atom stereocenters. The van der Waals surface area contributed by atoms with Crippen molar-refractivity contribution in [3.05, 3.63) is 17.4 Å². The van der Waals surface area contributed by atoms with Gasteiger partial charge in [0, 0.05) is 6.07 Å². The van der Waals surface area contributed by atoms with Crippen LogP contribution in [0.25, 0.3) is 0 Å². The zero-order chi connectivity index (χ0) is 10.1. The van der Waals surface area contributed by atoms with Crippen molar-refractivity contribution < 1.29 is 23.0 Å². The van der Waals surface area contributed by atoms with E-state index in [-0.39, 0.29) is 5.15 Å². The molecule has 0 aliphatic carbocycles. The van der Waals surface area contributed by atoms with Crippen LogP contribution in [0.4, 0.5) is 13.2 Å². The number of aromatic hydroxyl groups is 1. The van der Waals surface area contributed by atoms with Gasteiger partial charge in [0.2, 0.25) is 0 Å². The number of nitrogens with zero attached hydrogens (tertiary/aromatic N) is 1. The van der Waals surface area contributed by atoms with Crippen LogP contribution in [-0.4, -0.2) is 16.5 Å². The fourth-order valence-electron chi connectivity index (χ4n) is 0.607. The van der Waals surface area contributed by atoms with E-state index < -0.39 is 17.9 Å². The lowest BCUT2D eigenvalue weighted by Gasteiger charge is -2.08. The molecule has 72 valence electrons. The molecule has 7 heteroatoms. The lowest BCUT2D eigenvalue weighted by atomic mass is 10.4. The molecule has 13 heavy (non-hydrogen) atoms. The van der Waals surface area contributed by atoms with Crippen molar-refractivity contribution in [3.63, 3.8) is 0 Å². The molecule has 0 radical (unpaired) electrons. The van der Waals surface area contributed by atoms with Gasteiger partial charge in [-0.15, -0.1) is 13.2 Å². The number of rotatable bonds is 1. The summed E-state index contributed by atoms with van der Waals surface area (Å²) < 4.78 is 38.3. The van der Waals surface area contributed by atoms with Gasteiger partial charge in [-0.3, -0.25) is 0 Å². The SMILES string of the molecule is Oc1cc(OC(F)(F)F)cnc1Cl. The summed E-state index contributed by atoms with van der Waals surface area (Å²) in [5.41, 5.74) is 0. The Hall–Kier alpha value is -1.17. The Morgan fingerprint density at radius 3 is 2.54 bits per heavy atom. The van der Waals surface area contributed by atoms with Crippen molar-refractivity contribution in [1.29, 1.82) is 0 Å². The molecule has 0 saturated carbocycles. The maximum atomic E-state index is 11.6. The number of ether oxygens (including phenoxy) is 1. The van der Waals surface area contributed by atoms with Gasteiger partial charge in [0.25, 0.3) is 0 Å². The van der Waals surface area contributed by atoms with E-state index in [1.54, 1.807) is 0 Å². The van der Waals surface area contributed by atoms with Crippen LogP contribution in [0.5, 0.6) is 11.5 Å². The largest absolute Gasteiger partial charge is 0.573 e. The van der Waals surface area contributed by atoms with Crippen LogP contribution in [0.3, 0.4) is 0 Å². The summed E-state index contributed by atoms with van der Waals surface area (Å²) in [4.78, 5) is 3.25. The number of halogens is 4. The van der Waals surface area contributed by atoms with Crippen molar-refractivity contribution in [1.82, 2.24) is 4.98 Å². The standard InChI is InChI=1S/C6H3ClF3NO2/c7-5-4(12)1-3(2-11-5)13-6(8,9)10/h1-2,12H. The minimum atomic E-state index is -4.80. The molecule has 1 aromatic rings. The first-order valence-corrected chi connectivity index (χ1v) is 3.36. The number of hydrogen-bond acceptors (Lipinski definition) is 3. The monoisotopic (exact) mass is 213 g/mol. The maximum absolute atomic E-state index is 11.6. The van der Waals surface area contributed by atoms with Crippen molar-refractivity contribution in [2.24, 2.45) is 0 Å². The van der Waals surface area contributed by atoms with Crippen LogP contribution in [0.15, 0.2) is 12.3 Å². The Labute approximate surface area is 75.7 Å². The van der Waals surface area contributed by atoms with E-state index in [1.165, 1.54) is 0 Å². The van der Waals surface area contributed by atoms with Gasteiger partial charge in [0.1, 0.15) is 0 Å². The number of pyridine rings is 1. The Kier molecular flexibility index (Phi) is 2.51. The third kappa shape index (κ3) is 2.98. The summed E-state index contributed by atoms with van der Waals surface area (Å²) in [6, 6.07) is 0.725. The average molecular weight is 214 g/mol. The van der Waals surface area contributed by atoms with E-state index in [0.29, 0.717) is 0 Å². The topological polar surface area (TPSA) is 42.4 Å². The lowest BCUT2D eigenvalue weighted by molar-refractivity contribution is -0.274. The Bertz CT molecular complexity index is 315. The Balaban J connectivity index is 2.86. The molecular weight excluding hydrogens is 211 g/mol. The molecule has 0 aliphatic heterocycles. The average Bonchev–Trinajstić information content (AvgIpc) is 1.94. The number of hydrogen-bond donors (Lipinski definition) is 1. The molecule has 1 heterocycles. The molecule has 0 bridgehead atoms. The zero-order valence-corrected chi connectivity index (χ0v) is 6.73. The van der Waals surface area contributed by atoms with Crippen molar-refractivity contribution in [3.8, 4) is 11.5 Å². The Morgan fingerprint density at radius 1 is 1.46 bits per heavy atom. The molecule has 0 unspecified atom stereocenters. The van der Waals surface area contributed by atoms with Crippen molar-refractivity contribution >= 4 is 11.6 Å². The molecule has 0 aromatic carbocycles. The highest BCUT2D eigenvalue weighted by Crippen LogP contribution is 2.28. The van der Waals surface area contributed by atoms with E-state index >= 15 is 0 Å². The molecule has 0 amide bonds. The van der Waals surface area contributed by atoms with Gasteiger partial charge in [-0.1, -0.05) is 11.6 Å². The van der Waals surface area contributed by atoms with Crippen molar-refractivity contribution in [2.45, 2.75) is 6.36 Å². The summed E-state index contributed by atoms with van der Waals surface area (Å²) in [5.74, 6) is -1.18. The maximum Gasteiger partial charge on any atom is 0.573 e. The molecule has 0 spiro atoms. The molecule has 0 fully saturated rings. The smallest absolute Gasteiger partial charge is 0.505 e. The molecule has 1 N–H and O–H groups in total. The predicted octanol–water partition coefficient (Wildman–Crippen LogP) is 2.34. The zero-order valence-electron chi connectivity index (χ0n) is 5.97. The number of alkyl halides is 3. The van der Waals surface area contributed by atoms with Gasteiger partial charge in [-0.2, -0.15) is 0 Å². The summed E-state index contributed by atoms with van der Waals surface area (Å²) in [6.45, 7) is 0. The predicted molar refractivity (Wildman–Crippen MR) is 37.6 cm³/mol. The first kappa shape index (κ1) is 9.91. The van der Waals surface area contributed by atoms with Gasteiger partial charge in [-0.05, 0) is 0 Å². The first-order chi connectivity index (χ1) is 5.88. The second kappa shape index (κ2) is 3.29. The van der Waals surface area contributed by atoms with Crippen LogP contribution < -0.4 is 4.74 Å². The van der Waals surface area contributed by atoms with E-state index in [4.69, 9.17) is 16.7 Å².